The molecule has 9 nitrogen and oxygen atoms in total. The molecule has 0 aromatic heterocycles. The molecule has 1 heterocycles. The first kappa shape index (κ1) is 24.8. The van der Waals surface area contributed by atoms with Gasteiger partial charge in [0.25, 0.3) is 0 Å². The van der Waals surface area contributed by atoms with E-state index in [0.29, 0.717) is 25.4 Å². The van der Waals surface area contributed by atoms with E-state index in [4.69, 9.17) is 9.47 Å². The van der Waals surface area contributed by atoms with Gasteiger partial charge in [0.1, 0.15) is 11.7 Å². The van der Waals surface area contributed by atoms with Crippen molar-refractivity contribution in [2.45, 2.75) is 77.0 Å². The fourth-order valence-electron chi connectivity index (χ4n) is 6.75. The monoisotopic (exact) mass is 577 g/mol. The summed E-state index contributed by atoms with van der Waals surface area (Å²) in [7, 11) is 0. The van der Waals surface area contributed by atoms with Crippen molar-refractivity contribution in [1.29, 1.82) is 0 Å². The van der Waals surface area contributed by atoms with Crippen LogP contribution in [0.4, 0.5) is 9.59 Å². The van der Waals surface area contributed by atoms with Gasteiger partial charge in [0.2, 0.25) is 5.91 Å². The summed E-state index contributed by atoms with van der Waals surface area (Å²) in [6.45, 7) is 6.28. The fourth-order valence-corrected chi connectivity index (χ4v) is 7.32. The molecular formula is C23H36IN3O6. The normalized spacial score (nSPS) is 34.8. The highest BCUT2D eigenvalue weighted by Crippen LogP contribution is 2.61. The fraction of sp³-hybridized carbons (Fsp3) is 0.870. The van der Waals surface area contributed by atoms with Crippen molar-refractivity contribution in [2.75, 3.05) is 26.2 Å². The average Bonchev–Trinajstić information content (AvgIpc) is 3.22. The summed E-state index contributed by atoms with van der Waals surface area (Å²) in [5, 5.41) is 9.45. The molecule has 5 rings (SSSR count). The maximum absolute atomic E-state index is 13.1. The minimum atomic E-state index is -0.632. The Bertz CT molecular complexity index is 771. The average molecular weight is 577 g/mol. The molecule has 5 fully saturated rings. The second-order valence-corrected chi connectivity index (χ2v) is 11.8. The molecule has 0 aromatic carbocycles. The third kappa shape index (κ3) is 5.06. The molecule has 0 spiro atoms. The molecule has 186 valence electrons. The van der Waals surface area contributed by atoms with Gasteiger partial charge in [0.15, 0.2) is 0 Å². The quantitative estimate of drug-likeness (QED) is 0.384. The van der Waals surface area contributed by atoms with Crippen molar-refractivity contribution >= 4 is 41.0 Å². The number of halogens is 1. The van der Waals surface area contributed by atoms with E-state index in [0.717, 1.165) is 32.1 Å². The van der Waals surface area contributed by atoms with Crippen LogP contribution in [0.3, 0.4) is 0 Å². The summed E-state index contributed by atoms with van der Waals surface area (Å²) in [6.07, 6.45) is 4.25. The second-order valence-electron chi connectivity index (χ2n) is 11.3. The first-order valence-corrected chi connectivity index (χ1v) is 13.1. The molecule has 4 saturated carbocycles. The molecule has 2 N–H and O–H groups in total. The Balaban J connectivity index is 1.36. The highest BCUT2D eigenvalue weighted by molar-refractivity contribution is 14.1. The van der Waals surface area contributed by atoms with E-state index >= 15 is 0 Å². The van der Waals surface area contributed by atoms with Crippen LogP contribution in [0.1, 0.15) is 59.3 Å². The van der Waals surface area contributed by atoms with Gasteiger partial charge in [-0.25, -0.2) is 9.59 Å². The summed E-state index contributed by atoms with van der Waals surface area (Å²) in [5.74, 6) is 1.14. The molecule has 1 saturated heterocycles. The van der Waals surface area contributed by atoms with Crippen LogP contribution in [0.25, 0.3) is 0 Å². The number of aliphatic hydroxyl groups is 1. The Morgan fingerprint density at radius 2 is 1.85 bits per heavy atom. The van der Waals surface area contributed by atoms with Gasteiger partial charge in [-0.3, -0.25) is 8.32 Å². The Kier molecular flexibility index (Phi) is 7.06. The van der Waals surface area contributed by atoms with Crippen molar-refractivity contribution in [3.05, 3.63) is 0 Å². The number of hydrogen-bond acceptors (Lipinski definition) is 6. The van der Waals surface area contributed by atoms with Gasteiger partial charge in [0, 0.05) is 19.6 Å². The van der Waals surface area contributed by atoms with Gasteiger partial charge in [-0.1, -0.05) is 0 Å². The molecule has 3 amide bonds. The predicted octanol–water partition coefficient (Wildman–Crippen LogP) is 3.09. The summed E-state index contributed by atoms with van der Waals surface area (Å²) in [5.41, 5.74) is -0.926. The van der Waals surface area contributed by atoms with E-state index in [2.05, 4.69) is 3.53 Å². The van der Waals surface area contributed by atoms with Crippen LogP contribution in [-0.4, -0.2) is 77.0 Å². The highest BCUT2D eigenvalue weighted by Gasteiger charge is 2.59. The van der Waals surface area contributed by atoms with E-state index in [1.54, 1.807) is 25.7 Å². The van der Waals surface area contributed by atoms with Crippen LogP contribution in [0.15, 0.2) is 0 Å². The molecule has 3 unspecified atom stereocenters. The molecule has 0 aromatic rings. The number of nitrogens with one attached hydrogen (secondary N) is 1. The van der Waals surface area contributed by atoms with Crippen LogP contribution < -0.4 is 3.53 Å². The van der Waals surface area contributed by atoms with Crippen LogP contribution in [0.2, 0.25) is 0 Å². The molecular weight excluding hydrogens is 541 g/mol. The number of amides is 3. The van der Waals surface area contributed by atoms with Gasteiger partial charge >= 0.3 is 12.2 Å². The Labute approximate surface area is 209 Å². The first-order valence-electron chi connectivity index (χ1n) is 12.0. The van der Waals surface area contributed by atoms with Gasteiger partial charge in [-0.05, 0) is 77.0 Å². The van der Waals surface area contributed by atoms with Crippen LogP contribution in [-0.2, 0) is 14.3 Å². The lowest BCUT2D eigenvalue weighted by Gasteiger charge is -2.58. The van der Waals surface area contributed by atoms with Gasteiger partial charge < -0.3 is 24.4 Å². The lowest BCUT2D eigenvalue weighted by Crippen LogP contribution is -2.59. The number of ether oxygens (including phenoxy) is 2. The number of likely N-dealkylation sites (tertiary alicyclic amines) is 1. The first-order chi connectivity index (χ1) is 15.5. The van der Waals surface area contributed by atoms with E-state index in [9.17, 15) is 19.5 Å². The molecule has 3 atom stereocenters. The largest absolute Gasteiger partial charge is 0.446 e. The topological polar surface area (TPSA) is 108 Å². The standard InChI is InChI=1S/C23H36IN3O6/c1-22(2,3)33-21(31)27(6-7-28)17-4-5-26(13-17)20(30)32-18-15-8-14-9-16(18)12-23(10-14,11-15)19(29)25-24/h14-18,28H,4-13H2,1-3H3,(H,25,29). The lowest BCUT2D eigenvalue weighted by molar-refractivity contribution is -0.162. The zero-order chi connectivity index (χ0) is 24.0. The number of hydrogen-bond donors (Lipinski definition) is 2. The zero-order valence-corrected chi connectivity index (χ0v) is 21.9. The van der Waals surface area contributed by atoms with Crippen molar-refractivity contribution in [2.24, 2.45) is 23.2 Å². The van der Waals surface area contributed by atoms with Crippen molar-refractivity contribution in [3.8, 4) is 0 Å². The molecule has 1 aliphatic heterocycles. The Morgan fingerprint density at radius 3 is 2.42 bits per heavy atom. The van der Waals surface area contributed by atoms with E-state index in [1.807, 2.05) is 22.9 Å². The molecule has 10 heteroatoms. The summed E-state index contributed by atoms with van der Waals surface area (Å²) >= 11 is 1.93. The van der Waals surface area contributed by atoms with Gasteiger partial charge in [-0.15, -0.1) is 0 Å². The zero-order valence-electron chi connectivity index (χ0n) is 19.7. The third-order valence-electron chi connectivity index (χ3n) is 7.82. The Morgan fingerprint density at radius 1 is 1.18 bits per heavy atom. The van der Waals surface area contributed by atoms with E-state index < -0.39 is 11.7 Å². The van der Waals surface area contributed by atoms with Crippen molar-refractivity contribution < 1.29 is 29.0 Å². The van der Waals surface area contributed by atoms with E-state index in [1.165, 1.54) is 4.90 Å². The lowest BCUT2D eigenvalue weighted by atomic mass is 9.48. The van der Waals surface area contributed by atoms with E-state index in [-0.39, 0.29) is 54.5 Å². The molecule has 0 radical (unpaired) electrons. The van der Waals surface area contributed by atoms with Crippen LogP contribution >= 0.6 is 22.9 Å². The van der Waals surface area contributed by atoms with Crippen molar-refractivity contribution in [1.82, 2.24) is 13.3 Å². The molecule has 4 aliphatic carbocycles. The third-order valence-corrected chi connectivity index (χ3v) is 8.31. The summed E-state index contributed by atoms with van der Waals surface area (Å²) < 4.78 is 14.4. The second kappa shape index (κ2) is 9.39. The maximum Gasteiger partial charge on any atom is 0.410 e. The number of carbonyl (C=O) groups excluding carboxylic acids is 3. The summed E-state index contributed by atoms with van der Waals surface area (Å²) in [4.78, 5) is 41.5. The predicted molar refractivity (Wildman–Crippen MR) is 128 cm³/mol. The van der Waals surface area contributed by atoms with Crippen LogP contribution in [0.5, 0.6) is 0 Å². The number of rotatable bonds is 5. The van der Waals surface area contributed by atoms with Crippen molar-refractivity contribution in [3.63, 3.8) is 0 Å². The number of nitrogens with zero attached hydrogens (tertiary/aromatic N) is 2. The number of carbonyl (C=O) groups is 3. The SMILES string of the molecule is CC(C)(C)OC(=O)N(CCO)C1CCN(C(=O)OC2C3CC4CC2CC(C(=O)NI)(C4)C3)C1. The highest BCUT2D eigenvalue weighted by atomic mass is 127. The summed E-state index contributed by atoms with van der Waals surface area (Å²) in [6, 6.07) is -0.214. The molecule has 33 heavy (non-hydrogen) atoms. The molecule has 5 aliphatic rings. The van der Waals surface area contributed by atoms with Crippen LogP contribution in [0, 0.1) is 23.2 Å². The number of aliphatic hydroxyl groups excluding tert-OH is 1. The molecule has 4 bridgehead atoms. The van der Waals surface area contributed by atoms with Gasteiger partial charge in [-0.2, -0.15) is 0 Å². The van der Waals surface area contributed by atoms with Gasteiger partial charge in [0.05, 0.1) is 40.9 Å². The minimum Gasteiger partial charge on any atom is -0.446 e. The minimum absolute atomic E-state index is 0.126. The smallest absolute Gasteiger partial charge is 0.410 e. The maximum atomic E-state index is 13.1. The Hall–Kier alpha value is -1.30.